The third-order valence-corrected chi connectivity index (χ3v) is 6.39. The standard InChI is InChI=1S/C26H34N4OS/c1-7-10-19(3)27-23(31)17-32-25-29-28-24(30(25)22-12-9-8-11-18(22)2)20-13-15-21(16-14-20)26(4,5)6/h8-9,11-16,19H,7,10,17H2,1-6H3,(H,27,31)/t19-/m1/s1. The van der Waals surface area contributed by atoms with Crippen LogP contribution in [0.15, 0.2) is 53.7 Å². The molecule has 1 N–H and O–H groups in total. The SMILES string of the molecule is CCC[C@@H](C)NC(=O)CSc1nnc(-c2ccc(C(C)(C)C)cc2)n1-c1ccccc1C. The van der Waals surface area contributed by atoms with Crippen LogP contribution in [0.3, 0.4) is 0 Å². The van der Waals surface area contributed by atoms with Gasteiger partial charge in [-0.15, -0.1) is 10.2 Å². The molecule has 2 aromatic carbocycles. The molecule has 1 aromatic heterocycles. The van der Waals surface area contributed by atoms with E-state index >= 15 is 0 Å². The number of hydrogen-bond acceptors (Lipinski definition) is 4. The topological polar surface area (TPSA) is 59.8 Å². The molecule has 1 heterocycles. The van der Waals surface area contributed by atoms with Crippen LogP contribution in [-0.2, 0) is 10.2 Å². The molecule has 3 rings (SSSR count). The Hall–Kier alpha value is -2.60. The maximum Gasteiger partial charge on any atom is 0.230 e. The first-order valence-electron chi connectivity index (χ1n) is 11.2. The number of para-hydroxylation sites is 1. The van der Waals surface area contributed by atoms with Gasteiger partial charge < -0.3 is 5.32 Å². The van der Waals surface area contributed by atoms with E-state index in [4.69, 9.17) is 0 Å². The molecule has 0 aliphatic carbocycles. The van der Waals surface area contributed by atoms with Gasteiger partial charge in [0, 0.05) is 11.6 Å². The molecule has 1 amide bonds. The molecule has 5 nitrogen and oxygen atoms in total. The minimum absolute atomic E-state index is 0.0198. The summed E-state index contributed by atoms with van der Waals surface area (Å²) in [6, 6.07) is 16.9. The molecule has 0 radical (unpaired) electrons. The van der Waals surface area contributed by atoms with Crippen LogP contribution in [0.25, 0.3) is 17.1 Å². The molecule has 1 atom stereocenters. The predicted molar refractivity (Wildman–Crippen MR) is 133 cm³/mol. The summed E-state index contributed by atoms with van der Waals surface area (Å²) in [4.78, 5) is 12.4. The number of amides is 1. The van der Waals surface area contributed by atoms with Crippen LogP contribution < -0.4 is 5.32 Å². The lowest BCUT2D eigenvalue weighted by atomic mass is 9.87. The Bertz CT molecular complexity index is 1050. The minimum Gasteiger partial charge on any atom is -0.353 e. The zero-order valence-electron chi connectivity index (χ0n) is 20.0. The van der Waals surface area contributed by atoms with E-state index in [1.807, 2.05) is 19.1 Å². The van der Waals surface area contributed by atoms with E-state index < -0.39 is 0 Å². The van der Waals surface area contributed by atoms with Crippen LogP contribution in [-0.4, -0.2) is 32.5 Å². The Labute approximate surface area is 196 Å². The average Bonchev–Trinajstić information content (AvgIpc) is 3.16. The van der Waals surface area contributed by atoms with Gasteiger partial charge in [-0.2, -0.15) is 0 Å². The van der Waals surface area contributed by atoms with Crippen molar-refractivity contribution in [2.45, 2.75) is 71.0 Å². The number of carbonyl (C=O) groups is 1. The first-order chi connectivity index (χ1) is 15.2. The van der Waals surface area contributed by atoms with Gasteiger partial charge in [-0.1, -0.05) is 88.3 Å². The second-order valence-electron chi connectivity index (χ2n) is 9.30. The molecule has 32 heavy (non-hydrogen) atoms. The Morgan fingerprint density at radius 1 is 1.09 bits per heavy atom. The Kier molecular flexibility index (Phi) is 7.77. The number of benzene rings is 2. The Morgan fingerprint density at radius 3 is 2.41 bits per heavy atom. The molecule has 6 heteroatoms. The van der Waals surface area contributed by atoms with E-state index in [1.54, 1.807) is 0 Å². The fourth-order valence-corrected chi connectivity index (χ4v) is 4.41. The van der Waals surface area contributed by atoms with Gasteiger partial charge in [0.25, 0.3) is 0 Å². The molecule has 0 bridgehead atoms. The number of nitrogens with one attached hydrogen (secondary N) is 1. The largest absolute Gasteiger partial charge is 0.353 e. The quantitative estimate of drug-likeness (QED) is 0.432. The summed E-state index contributed by atoms with van der Waals surface area (Å²) in [5.74, 6) is 1.11. The van der Waals surface area contributed by atoms with E-state index in [0.717, 1.165) is 35.5 Å². The Morgan fingerprint density at radius 2 is 1.78 bits per heavy atom. The van der Waals surface area contributed by atoms with Crippen LogP contribution in [0.4, 0.5) is 0 Å². The number of carbonyl (C=O) groups excluding carboxylic acids is 1. The summed E-state index contributed by atoms with van der Waals surface area (Å²) in [5.41, 5.74) is 4.51. The van der Waals surface area contributed by atoms with Gasteiger partial charge in [0.15, 0.2) is 11.0 Å². The maximum atomic E-state index is 12.4. The maximum absolute atomic E-state index is 12.4. The average molecular weight is 451 g/mol. The lowest BCUT2D eigenvalue weighted by molar-refractivity contribution is -0.119. The molecular weight excluding hydrogens is 416 g/mol. The fraction of sp³-hybridized carbons (Fsp3) is 0.423. The smallest absolute Gasteiger partial charge is 0.230 e. The lowest BCUT2D eigenvalue weighted by Crippen LogP contribution is -2.33. The third-order valence-electron chi connectivity index (χ3n) is 5.46. The van der Waals surface area contributed by atoms with Crippen LogP contribution in [0.2, 0.25) is 0 Å². The van der Waals surface area contributed by atoms with Crippen molar-refractivity contribution in [1.29, 1.82) is 0 Å². The summed E-state index contributed by atoms with van der Waals surface area (Å²) < 4.78 is 2.06. The van der Waals surface area contributed by atoms with E-state index in [1.165, 1.54) is 17.3 Å². The monoisotopic (exact) mass is 450 g/mol. The second-order valence-corrected chi connectivity index (χ2v) is 10.2. The highest BCUT2D eigenvalue weighted by atomic mass is 32.2. The van der Waals surface area contributed by atoms with Crippen molar-refractivity contribution in [2.75, 3.05) is 5.75 Å². The van der Waals surface area contributed by atoms with Gasteiger partial charge in [0.2, 0.25) is 5.91 Å². The molecule has 0 aliphatic rings. The summed E-state index contributed by atoms with van der Waals surface area (Å²) in [6.45, 7) is 12.9. The van der Waals surface area contributed by atoms with Crippen molar-refractivity contribution in [3.8, 4) is 17.1 Å². The van der Waals surface area contributed by atoms with E-state index in [9.17, 15) is 4.79 Å². The molecule has 3 aromatic rings. The Balaban J connectivity index is 1.93. The summed E-state index contributed by atoms with van der Waals surface area (Å²) in [5, 5.41) is 12.8. The van der Waals surface area contributed by atoms with Gasteiger partial charge >= 0.3 is 0 Å². The predicted octanol–water partition coefficient (Wildman–Crippen LogP) is 5.94. The zero-order valence-corrected chi connectivity index (χ0v) is 20.8. The lowest BCUT2D eigenvalue weighted by Gasteiger charge is -2.19. The highest BCUT2D eigenvalue weighted by Gasteiger charge is 2.20. The van der Waals surface area contributed by atoms with Gasteiger partial charge in [-0.05, 0) is 42.9 Å². The van der Waals surface area contributed by atoms with Crippen LogP contribution in [0.5, 0.6) is 0 Å². The van der Waals surface area contributed by atoms with E-state index in [-0.39, 0.29) is 17.4 Å². The van der Waals surface area contributed by atoms with Crippen molar-refractivity contribution < 1.29 is 4.79 Å². The zero-order chi connectivity index (χ0) is 23.3. The summed E-state index contributed by atoms with van der Waals surface area (Å²) in [6.07, 6.45) is 2.03. The second kappa shape index (κ2) is 10.3. The molecule has 0 aliphatic heterocycles. The van der Waals surface area contributed by atoms with Gasteiger partial charge in [0.1, 0.15) is 0 Å². The first kappa shape index (κ1) is 24.1. The molecule has 0 fully saturated rings. The van der Waals surface area contributed by atoms with Crippen molar-refractivity contribution in [3.63, 3.8) is 0 Å². The van der Waals surface area contributed by atoms with Gasteiger partial charge in [-0.3, -0.25) is 9.36 Å². The fourth-order valence-electron chi connectivity index (χ4n) is 3.65. The van der Waals surface area contributed by atoms with E-state index in [0.29, 0.717) is 10.9 Å². The number of aryl methyl sites for hydroxylation is 1. The number of thioether (sulfide) groups is 1. The molecule has 0 unspecified atom stereocenters. The molecule has 0 spiro atoms. The highest BCUT2D eigenvalue weighted by molar-refractivity contribution is 7.99. The highest BCUT2D eigenvalue weighted by Crippen LogP contribution is 2.31. The minimum atomic E-state index is 0.0198. The number of rotatable bonds is 8. The van der Waals surface area contributed by atoms with Crippen LogP contribution >= 0.6 is 11.8 Å². The van der Waals surface area contributed by atoms with Crippen molar-refractivity contribution in [3.05, 3.63) is 59.7 Å². The number of hydrogen-bond donors (Lipinski definition) is 1. The normalized spacial score (nSPS) is 12.6. The molecule has 0 saturated heterocycles. The van der Waals surface area contributed by atoms with Crippen molar-refractivity contribution in [2.24, 2.45) is 0 Å². The van der Waals surface area contributed by atoms with Gasteiger partial charge in [-0.25, -0.2) is 0 Å². The van der Waals surface area contributed by atoms with Crippen LogP contribution in [0, 0.1) is 6.92 Å². The summed E-state index contributed by atoms with van der Waals surface area (Å²) >= 11 is 1.42. The van der Waals surface area contributed by atoms with Crippen LogP contribution in [0.1, 0.15) is 58.6 Å². The number of nitrogens with zero attached hydrogens (tertiary/aromatic N) is 3. The van der Waals surface area contributed by atoms with Crippen molar-refractivity contribution >= 4 is 17.7 Å². The van der Waals surface area contributed by atoms with Gasteiger partial charge in [0.05, 0.1) is 11.4 Å². The van der Waals surface area contributed by atoms with E-state index in [2.05, 4.69) is 91.1 Å². The molecule has 0 saturated carbocycles. The summed E-state index contributed by atoms with van der Waals surface area (Å²) in [7, 11) is 0. The number of aromatic nitrogens is 3. The molecule has 170 valence electrons. The molecular formula is C26H34N4OS. The van der Waals surface area contributed by atoms with Crippen molar-refractivity contribution in [1.82, 2.24) is 20.1 Å². The first-order valence-corrected chi connectivity index (χ1v) is 12.2. The third kappa shape index (κ3) is 5.80.